The van der Waals surface area contributed by atoms with Gasteiger partial charge in [-0.1, -0.05) is 48.6 Å². The van der Waals surface area contributed by atoms with E-state index in [-0.39, 0.29) is 17.1 Å². The van der Waals surface area contributed by atoms with Gasteiger partial charge in [0.1, 0.15) is 0 Å². The molecular weight excluding hydrogens is 336 g/mol. The Morgan fingerprint density at radius 3 is 1.52 bits per heavy atom. The fraction of sp³-hybridized carbons (Fsp3) is 0. The third-order valence-corrected chi connectivity index (χ3v) is 2.96. The van der Waals surface area contributed by atoms with E-state index in [0.717, 1.165) is 22.7 Å². The Balaban J connectivity index is 0.00000192. The Bertz CT molecular complexity index is 698. The van der Waals surface area contributed by atoms with E-state index >= 15 is 0 Å². The van der Waals surface area contributed by atoms with Gasteiger partial charge in [-0.2, -0.15) is 12.4 Å². The maximum absolute atomic E-state index is 4.40. The van der Waals surface area contributed by atoms with Gasteiger partial charge in [-0.05, 0) is 12.1 Å². The average molecular weight is 350 g/mol. The van der Waals surface area contributed by atoms with E-state index in [9.17, 15) is 0 Å². The van der Waals surface area contributed by atoms with Crippen molar-refractivity contribution in [1.29, 1.82) is 0 Å². The van der Waals surface area contributed by atoms with Gasteiger partial charge in [-0.25, -0.2) is 0 Å². The molecule has 117 valence electrons. The van der Waals surface area contributed by atoms with Crippen LogP contribution in [0.2, 0.25) is 0 Å². The van der Waals surface area contributed by atoms with E-state index in [1.165, 1.54) is 0 Å². The Kier molecular flexibility index (Phi) is 6.36. The molecule has 0 amide bonds. The monoisotopic (exact) mass is 349 g/mol. The van der Waals surface area contributed by atoms with Crippen molar-refractivity contribution in [1.82, 2.24) is 0 Å². The second-order valence-electron chi connectivity index (χ2n) is 4.48. The molecule has 1 aliphatic rings. The van der Waals surface area contributed by atoms with Crippen molar-refractivity contribution in [2.24, 2.45) is 9.98 Å². The van der Waals surface area contributed by atoms with Gasteiger partial charge in [0.25, 0.3) is 0 Å². The van der Waals surface area contributed by atoms with Crippen LogP contribution in [0.3, 0.4) is 0 Å². The molecule has 0 spiro atoms. The van der Waals surface area contributed by atoms with Crippen molar-refractivity contribution < 1.29 is 17.1 Å². The molecule has 0 unspecified atom stereocenters. The van der Waals surface area contributed by atoms with E-state index in [1.54, 1.807) is 37.0 Å². The number of benzene rings is 2. The molecular formula is C18H14CuN4. The SMILES string of the molecule is C1=Nc2ccccc2[N-]/C=C\C=Nc2ccccc2[N-]/C=C\1.[Cu+2]. The summed E-state index contributed by atoms with van der Waals surface area (Å²) >= 11 is 0. The first kappa shape index (κ1) is 16.7. The minimum Gasteiger partial charge on any atom is -0.662 e. The molecule has 1 aliphatic heterocycles. The van der Waals surface area contributed by atoms with Crippen molar-refractivity contribution in [3.05, 3.63) is 83.7 Å². The molecule has 0 atom stereocenters. The van der Waals surface area contributed by atoms with E-state index in [2.05, 4.69) is 20.6 Å². The molecule has 0 aromatic heterocycles. The average Bonchev–Trinajstić information content (AvgIpc) is 2.56. The summed E-state index contributed by atoms with van der Waals surface area (Å²) in [4.78, 5) is 8.80. The molecule has 0 fully saturated rings. The van der Waals surface area contributed by atoms with Crippen molar-refractivity contribution >= 4 is 35.2 Å². The zero-order chi connectivity index (χ0) is 15.0. The topological polar surface area (TPSA) is 52.9 Å². The molecule has 0 bridgehead atoms. The standard InChI is InChI=1S/C18H14N4.Cu/c1-2-8-16-15(7-1)19-11-5-13-21-17-9-3-4-10-18(17)22-14-6-12-20-16;/h1-14H;/q-2;+2/b11-5-,14-6-,20-12?,21-13?;. The minimum atomic E-state index is 0. The summed E-state index contributed by atoms with van der Waals surface area (Å²) in [6.45, 7) is 0. The second kappa shape index (κ2) is 8.73. The number of para-hydroxylation sites is 4. The molecule has 2 aromatic carbocycles. The van der Waals surface area contributed by atoms with Gasteiger partial charge in [0.05, 0.1) is 0 Å². The van der Waals surface area contributed by atoms with Gasteiger partial charge in [0, 0.05) is 23.8 Å². The molecule has 1 radical (unpaired) electrons. The van der Waals surface area contributed by atoms with Gasteiger partial charge < -0.3 is 10.6 Å². The van der Waals surface area contributed by atoms with E-state index in [4.69, 9.17) is 0 Å². The summed E-state index contributed by atoms with van der Waals surface area (Å²) in [6.07, 6.45) is 10.4. The van der Waals surface area contributed by atoms with Crippen molar-refractivity contribution in [3.8, 4) is 0 Å². The van der Waals surface area contributed by atoms with Crippen LogP contribution in [0.4, 0.5) is 22.7 Å². The summed E-state index contributed by atoms with van der Waals surface area (Å²) in [5, 5.41) is 8.80. The van der Waals surface area contributed by atoms with E-state index in [0.29, 0.717) is 0 Å². The van der Waals surface area contributed by atoms with Crippen LogP contribution in [0.5, 0.6) is 0 Å². The Morgan fingerprint density at radius 2 is 1.04 bits per heavy atom. The zero-order valence-electron chi connectivity index (χ0n) is 12.2. The number of hydrogen-bond donors (Lipinski definition) is 0. The number of hydrogen-bond acceptors (Lipinski definition) is 2. The van der Waals surface area contributed by atoms with Gasteiger partial charge in [0.15, 0.2) is 0 Å². The van der Waals surface area contributed by atoms with Crippen molar-refractivity contribution in [2.75, 3.05) is 0 Å². The molecule has 0 aliphatic carbocycles. The second-order valence-corrected chi connectivity index (χ2v) is 4.48. The van der Waals surface area contributed by atoms with Crippen LogP contribution in [0, 0.1) is 0 Å². The Labute approximate surface area is 146 Å². The number of aliphatic imine (C=N–C) groups is 2. The first-order valence-corrected chi connectivity index (χ1v) is 6.92. The predicted molar refractivity (Wildman–Crippen MR) is 93.5 cm³/mol. The Hall–Kier alpha value is -2.62. The van der Waals surface area contributed by atoms with Gasteiger partial charge in [-0.15, -0.1) is 11.4 Å². The maximum atomic E-state index is 4.40. The summed E-state index contributed by atoms with van der Waals surface area (Å²) in [7, 11) is 0. The number of nitrogens with zero attached hydrogens (tertiary/aromatic N) is 4. The molecule has 3 rings (SSSR count). The fourth-order valence-corrected chi connectivity index (χ4v) is 1.94. The third-order valence-electron chi connectivity index (χ3n) is 2.96. The molecule has 23 heavy (non-hydrogen) atoms. The molecule has 1 heterocycles. The van der Waals surface area contributed by atoms with Gasteiger partial charge in [-0.3, -0.25) is 9.98 Å². The van der Waals surface area contributed by atoms with Crippen molar-refractivity contribution in [3.63, 3.8) is 0 Å². The smallest absolute Gasteiger partial charge is 0.662 e. The van der Waals surface area contributed by atoms with E-state index in [1.807, 2.05) is 48.5 Å². The number of fused-ring (bicyclic) bond motifs is 2. The molecule has 0 saturated heterocycles. The van der Waals surface area contributed by atoms with Crippen molar-refractivity contribution in [2.45, 2.75) is 0 Å². The van der Waals surface area contributed by atoms with Crippen LogP contribution in [0.1, 0.15) is 0 Å². The molecule has 2 aromatic rings. The predicted octanol–water partition coefficient (Wildman–Crippen LogP) is 5.84. The molecule has 0 saturated carbocycles. The minimum absolute atomic E-state index is 0. The van der Waals surface area contributed by atoms with Crippen LogP contribution in [0.25, 0.3) is 10.6 Å². The Morgan fingerprint density at radius 1 is 0.609 bits per heavy atom. The molecule has 5 heteroatoms. The fourth-order valence-electron chi connectivity index (χ4n) is 1.94. The third kappa shape index (κ3) is 4.68. The summed E-state index contributed by atoms with van der Waals surface area (Å²) in [5.74, 6) is 0. The summed E-state index contributed by atoms with van der Waals surface area (Å²) < 4.78 is 0. The van der Waals surface area contributed by atoms with E-state index < -0.39 is 0 Å². The van der Waals surface area contributed by atoms with Crippen LogP contribution < -0.4 is 0 Å². The van der Waals surface area contributed by atoms with Crippen LogP contribution in [0.15, 0.2) is 83.1 Å². The number of rotatable bonds is 0. The first-order chi connectivity index (χ1) is 10.9. The van der Waals surface area contributed by atoms with Crippen LogP contribution in [-0.4, -0.2) is 12.4 Å². The van der Waals surface area contributed by atoms with Gasteiger partial charge in [0.2, 0.25) is 0 Å². The summed E-state index contributed by atoms with van der Waals surface area (Å²) in [5.41, 5.74) is 3.25. The van der Waals surface area contributed by atoms with Crippen LogP contribution >= 0.6 is 0 Å². The maximum Gasteiger partial charge on any atom is 2.00 e. The zero-order valence-corrected chi connectivity index (χ0v) is 13.1. The quantitative estimate of drug-likeness (QED) is 0.536. The normalized spacial score (nSPS) is 15.7. The largest absolute Gasteiger partial charge is 2.00 e. The van der Waals surface area contributed by atoms with Crippen LogP contribution in [-0.2, 0) is 17.1 Å². The number of allylic oxidation sites excluding steroid dienone is 2. The van der Waals surface area contributed by atoms with Gasteiger partial charge >= 0.3 is 17.1 Å². The first-order valence-electron chi connectivity index (χ1n) is 6.92. The molecule has 0 N–H and O–H groups in total. The summed E-state index contributed by atoms with van der Waals surface area (Å²) in [6, 6.07) is 15.4. The molecule has 4 nitrogen and oxygen atoms in total.